The largest absolute Gasteiger partial charge is 0.490 e. The second kappa shape index (κ2) is 10.8. The summed E-state index contributed by atoms with van der Waals surface area (Å²) in [6.45, 7) is 1.51. The highest BCUT2D eigenvalue weighted by Crippen LogP contribution is 2.30. The second-order valence-corrected chi connectivity index (χ2v) is 7.08. The Hall–Kier alpha value is -4.40. The normalized spacial score (nSPS) is 11.2. The number of ether oxygens (including phenoxy) is 2. The van der Waals surface area contributed by atoms with Gasteiger partial charge in [0.1, 0.15) is 5.75 Å². The lowest BCUT2D eigenvalue weighted by atomic mass is 10.1. The minimum absolute atomic E-state index is 0.0208. The van der Waals surface area contributed by atoms with Gasteiger partial charge in [0.15, 0.2) is 6.61 Å². The molecule has 0 aliphatic rings. The number of anilines is 1. The van der Waals surface area contributed by atoms with E-state index in [4.69, 9.17) is 9.47 Å². The van der Waals surface area contributed by atoms with Gasteiger partial charge in [-0.25, -0.2) is 0 Å². The third-order valence-electron chi connectivity index (χ3n) is 4.81. The van der Waals surface area contributed by atoms with Gasteiger partial charge in [-0.1, -0.05) is 42.5 Å². The summed E-state index contributed by atoms with van der Waals surface area (Å²) in [5.41, 5.74) is 1.40. The molecule has 0 spiro atoms. The molecule has 3 aromatic carbocycles. The lowest BCUT2D eigenvalue weighted by molar-refractivity contribution is -0.385. The summed E-state index contributed by atoms with van der Waals surface area (Å²) in [5, 5.41) is 16.6. The number of amides is 2. The van der Waals surface area contributed by atoms with E-state index in [2.05, 4.69) is 10.6 Å². The van der Waals surface area contributed by atoms with Crippen molar-refractivity contribution in [2.24, 2.45) is 0 Å². The molecule has 0 saturated heterocycles. The van der Waals surface area contributed by atoms with Gasteiger partial charge >= 0.3 is 5.69 Å². The van der Waals surface area contributed by atoms with Crippen LogP contribution in [0.5, 0.6) is 11.5 Å². The van der Waals surface area contributed by atoms with Crippen LogP contribution in [0.15, 0.2) is 72.8 Å². The number of rotatable bonds is 9. The number of hydrogen-bond donors (Lipinski definition) is 2. The number of para-hydroxylation sites is 1. The van der Waals surface area contributed by atoms with Crippen molar-refractivity contribution in [2.45, 2.75) is 13.0 Å². The van der Waals surface area contributed by atoms with Gasteiger partial charge < -0.3 is 20.1 Å². The van der Waals surface area contributed by atoms with Crippen molar-refractivity contribution in [1.82, 2.24) is 5.32 Å². The van der Waals surface area contributed by atoms with Crippen LogP contribution in [0.25, 0.3) is 0 Å². The lowest BCUT2D eigenvalue weighted by Gasteiger charge is -2.16. The first kappa shape index (κ1) is 23.3. The summed E-state index contributed by atoms with van der Waals surface area (Å²) in [7, 11) is 1.31. The molecule has 3 rings (SSSR count). The Morgan fingerprint density at radius 2 is 1.73 bits per heavy atom. The van der Waals surface area contributed by atoms with E-state index in [1.165, 1.54) is 25.3 Å². The van der Waals surface area contributed by atoms with Gasteiger partial charge in [-0.3, -0.25) is 19.7 Å². The second-order valence-electron chi connectivity index (χ2n) is 7.08. The Kier molecular flexibility index (Phi) is 7.59. The standard InChI is InChI=1S/C24H23N3O6/c1-16(17-8-4-3-5-9-17)25-24(29)19-10-6-7-11-20(19)26-23(28)15-33-18-12-13-21(27(30)31)22(14-18)32-2/h3-14,16H,15H2,1-2H3,(H,25,29)(H,26,28)/t16-/m0/s1. The van der Waals surface area contributed by atoms with Gasteiger partial charge in [-0.15, -0.1) is 0 Å². The number of carbonyl (C=O) groups excluding carboxylic acids is 2. The predicted molar refractivity (Wildman–Crippen MR) is 123 cm³/mol. The van der Waals surface area contributed by atoms with Crippen LogP contribution in [0.3, 0.4) is 0 Å². The topological polar surface area (TPSA) is 120 Å². The molecule has 0 radical (unpaired) electrons. The van der Waals surface area contributed by atoms with Crippen molar-refractivity contribution in [3.8, 4) is 11.5 Å². The van der Waals surface area contributed by atoms with E-state index < -0.39 is 10.8 Å². The van der Waals surface area contributed by atoms with Crippen LogP contribution in [0.2, 0.25) is 0 Å². The SMILES string of the molecule is COc1cc(OCC(=O)Nc2ccccc2C(=O)N[C@@H](C)c2ccccc2)ccc1[N+](=O)[O-]. The number of methoxy groups -OCH3 is 1. The number of nitrogens with one attached hydrogen (secondary N) is 2. The molecule has 1 atom stereocenters. The van der Waals surface area contributed by atoms with Gasteiger partial charge in [0.2, 0.25) is 5.75 Å². The molecular weight excluding hydrogens is 426 g/mol. The monoisotopic (exact) mass is 449 g/mol. The summed E-state index contributed by atoms with van der Waals surface area (Å²) in [4.78, 5) is 35.6. The molecule has 0 saturated carbocycles. The molecular formula is C24H23N3O6. The van der Waals surface area contributed by atoms with Crippen LogP contribution in [0.1, 0.15) is 28.9 Å². The molecule has 33 heavy (non-hydrogen) atoms. The Labute approximate surface area is 190 Å². The van der Waals surface area contributed by atoms with Crippen LogP contribution in [0.4, 0.5) is 11.4 Å². The maximum absolute atomic E-state index is 12.8. The first-order valence-electron chi connectivity index (χ1n) is 10.1. The first-order valence-corrected chi connectivity index (χ1v) is 10.1. The average molecular weight is 449 g/mol. The molecule has 0 aromatic heterocycles. The van der Waals surface area contributed by atoms with E-state index in [1.807, 2.05) is 37.3 Å². The van der Waals surface area contributed by atoms with Crippen LogP contribution < -0.4 is 20.1 Å². The van der Waals surface area contributed by atoms with Gasteiger partial charge in [-0.2, -0.15) is 0 Å². The molecule has 0 aliphatic carbocycles. The Morgan fingerprint density at radius 1 is 1.03 bits per heavy atom. The van der Waals surface area contributed by atoms with Crippen molar-refractivity contribution in [3.05, 3.63) is 94.0 Å². The number of benzene rings is 3. The summed E-state index contributed by atoms with van der Waals surface area (Å²) in [6, 6.07) is 19.9. The maximum atomic E-state index is 12.8. The summed E-state index contributed by atoms with van der Waals surface area (Å²) < 4.78 is 10.4. The average Bonchev–Trinajstić information content (AvgIpc) is 2.83. The Balaban J connectivity index is 1.64. The predicted octanol–water partition coefficient (Wildman–Crippen LogP) is 4.11. The summed E-state index contributed by atoms with van der Waals surface area (Å²) in [6.07, 6.45) is 0. The van der Waals surface area contributed by atoms with Crippen molar-refractivity contribution in [3.63, 3.8) is 0 Å². The maximum Gasteiger partial charge on any atom is 0.311 e. The molecule has 0 heterocycles. The fourth-order valence-electron chi connectivity index (χ4n) is 3.12. The lowest BCUT2D eigenvalue weighted by Crippen LogP contribution is -2.28. The van der Waals surface area contributed by atoms with Gasteiger partial charge in [-0.05, 0) is 30.7 Å². The van der Waals surface area contributed by atoms with Crippen LogP contribution in [0, 0.1) is 10.1 Å². The number of hydrogen-bond acceptors (Lipinski definition) is 6. The highest BCUT2D eigenvalue weighted by atomic mass is 16.6. The molecule has 2 N–H and O–H groups in total. The van der Waals surface area contributed by atoms with Gasteiger partial charge in [0, 0.05) is 12.1 Å². The Morgan fingerprint density at radius 3 is 2.42 bits per heavy atom. The molecule has 170 valence electrons. The third kappa shape index (κ3) is 6.07. The number of carbonyl (C=O) groups is 2. The number of nitro benzene ring substituents is 1. The van der Waals surface area contributed by atoms with Gasteiger partial charge in [0.05, 0.1) is 29.3 Å². The van der Waals surface area contributed by atoms with Crippen molar-refractivity contribution >= 4 is 23.2 Å². The van der Waals surface area contributed by atoms with E-state index in [0.717, 1.165) is 5.56 Å². The zero-order valence-electron chi connectivity index (χ0n) is 18.1. The number of nitro groups is 1. The van der Waals surface area contributed by atoms with Crippen molar-refractivity contribution < 1.29 is 24.0 Å². The number of nitrogens with zero attached hydrogens (tertiary/aromatic N) is 1. The van der Waals surface area contributed by atoms with Crippen molar-refractivity contribution in [1.29, 1.82) is 0 Å². The molecule has 9 heteroatoms. The van der Waals surface area contributed by atoms with Gasteiger partial charge in [0.25, 0.3) is 11.8 Å². The minimum Gasteiger partial charge on any atom is -0.490 e. The fraction of sp³-hybridized carbons (Fsp3) is 0.167. The summed E-state index contributed by atoms with van der Waals surface area (Å²) in [5.74, 6) is -0.574. The summed E-state index contributed by atoms with van der Waals surface area (Å²) >= 11 is 0. The van der Waals surface area contributed by atoms with E-state index in [9.17, 15) is 19.7 Å². The molecule has 0 aliphatic heterocycles. The van der Waals surface area contributed by atoms with E-state index in [-0.39, 0.29) is 35.7 Å². The zero-order chi connectivity index (χ0) is 23.8. The van der Waals surface area contributed by atoms with Crippen molar-refractivity contribution in [2.75, 3.05) is 19.0 Å². The highest BCUT2D eigenvalue weighted by Gasteiger charge is 2.18. The molecule has 0 fully saturated rings. The van der Waals surface area contributed by atoms with Crippen LogP contribution in [-0.2, 0) is 4.79 Å². The Bertz CT molecular complexity index is 1150. The fourth-order valence-corrected chi connectivity index (χ4v) is 3.12. The van der Waals surface area contributed by atoms with Crippen LogP contribution in [-0.4, -0.2) is 30.5 Å². The first-order chi connectivity index (χ1) is 15.9. The molecule has 0 unspecified atom stereocenters. The smallest absolute Gasteiger partial charge is 0.311 e. The highest BCUT2D eigenvalue weighted by molar-refractivity contribution is 6.04. The van der Waals surface area contributed by atoms with E-state index in [0.29, 0.717) is 11.3 Å². The van der Waals surface area contributed by atoms with E-state index >= 15 is 0 Å². The molecule has 0 bridgehead atoms. The zero-order valence-corrected chi connectivity index (χ0v) is 18.1. The van der Waals surface area contributed by atoms with Crippen LogP contribution >= 0.6 is 0 Å². The quantitative estimate of drug-likeness (QED) is 0.375. The molecule has 2 amide bonds. The molecule has 3 aromatic rings. The van der Waals surface area contributed by atoms with E-state index in [1.54, 1.807) is 24.3 Å². The third-order valence-corrected chi connectivity index (χ3v) is 4.81. The minimum atomic E-state index is -0.573. The molecule has 9 nitrogen and oxygen atoms in total.